The van der Waals surface area contributed by atoms with Crippen LogP contribution in [0.4, 0.5) is 0 Å². The number of aliphatic hydroxyl groups excluding tert-OH is 4. The second kappa shape index (κ2) is 11.5. The van der Waals surface area contributed by atoms with Gasteiger partial charge in [-0.05, 0) is 81.6 Å². The Morgan fingerprint density at radius 3 is 1.00 bits per heavy atom. The Labute approximate surface area is 200 Å². The molecule has 6 heteroatoms. The summed E-state index contributed by atoms with van der Waals surface area (Å²) in [5.41, 5.74) is 6.07. The Morgan fingerprint density at radius 1 is 0.529 bits per heavy atom. The van der Waals surface area contributed by atoms with E-state index in [1.54, 1.807) is 0 Å². The van der Waals surface area contributed by atoms with Gasteiger partial charge in [-0.1, -0.05) is 38.1 Å². The lowest BCUT2D eigenvalue weighted by Crippen LogP contribution is -2.10. The normalized spacial score (nSPS) is 13.1. The summed E-state index contributed by atoms with van der Waals surface area (Å²) in [7, 11) is 0. The number of aliphatic hydroxyl groups is 4. The molecule has 2 unspecified atom stereocenters. The molecule has 182 valence electrons. The van der Waals surface area contributed by atoms with E-state index >= 15 is 0 Å². The molecule has 34 heavy (non-hydrogen) atoms. The fourth-order valence-corrected chi connectivity index (χ4v) is 5.11. The van der Waals surface area contributed by atoms with Crippen molar-refractivity contribution < 1.29 is 30.6 Å². The molecular formula is C28H34O6. The van der Waals surface area contributed by atoms with Crippen LogP contribution in [0.3, 0.4) is 0 Å². The standard InChI is InChI=1S/C28H34O6/c1-3-25(27-19(13-29)9-23(33)10-20(27)14-30)17-5-7-18(8-6-17)26(4-2)28-21(15-31)11-24(34)12-22(28)16-32/h5-12,25-26,29-34H,3-4,13-16H2,1-2H3. The first-order chi connectivity index (χ1) is 16.4. The first-order valence-electron chi connectivity index (χ1n) is 11.6. The second-order valence-electron chi connectivity index (χ2n) is 8.58. The molecular weight excluding hydrogens is 432 g/mol. The highest BCUT2D eigenvalue weighted by atomic mass is 16.3. The summed E-state index contributed by atoms with van der Waals surface area (Å²) < 4.78 is 0. The van der Waals surface area contributed by atoms with E-state index in [9.17, 15) is 30.6 Å². The Morgan fingerprint density at radius 2 is 0.794 bits per heavy atom. The van der Waals surface area contributed by atoms with Crippen molar-refractivity contribution in [2.24, 2.45) is 0 Å². The molecule has 0 saturated heterocycles. The third-order valence-electron chi connectivity index (χ3n) is 6.61. The number of rotatable bonds is 10. The maximum absolute atomic E-state index is 9.97. The number of phenolic OH excluding ortho intramolecular Hbond substituents is 2. The van der Waals surface area contributed by atoms with E-state index in [0.717, 1.165) is 35.1 Å². The molecule has 0 bridgehead atoms. The lowest BCUT2D eigenvalue weighted by atomic mass is 9.80. The van der Waals surface area contributed by atoms with Crippen molar-refractivity contribution in [1.29, 1.82) is 0 Å². The quantitative estimate of drug-likeness (QED) is 0.267. The van der Waals surface area contributed by atoms with E-state index in [0.29, 0.717) is 22.3 Å². The number of hydrogen-bond acceptors (Lipinski definition) is 6. The first-order valence-corrected chi connectivity index (χ1v) is 11.6. The van der Waals surface area contributed by atoms with Crippen LogP contribution in [0.5, 0.6) is 11.5 Å². The summed E-state index contributed by atoms with van der Waals surface area (Å²) >= 11 is 0. The van der Waals surface area contributed by atoms with Crippen LogP contribution in [0.15, 0.2) is 48.5 Å². The Hall–Kier alpha value is -2.90. The van der Waals surface area contributed by atoms with Crippen molar-refractivity contribution in [3.05, 3.63) is 93.0 Å². The van der Waals surface area contributed by atoms with E-state index in [-0.39, 0.29) is 49.8 Å². The minimum atomic E-state index is -0.238. The van der Waals surface area contributed by atoms with E-state index in [1.165, 1.54) is 24.3 Å². The molecule has 3 aromatic carbocycles. The zero-order valence-corrected chi connectivity index (χ0v) is 19.7. The van der Waals surface area contributed by atoms with Crippen LogP contribution in [-0.2, 0) is 26.4 Å². The van der Waals surface area contributed by atoms with Gasteiger partial charge in [-0.15, -0.1) is 0 Å². The van der Waals surface area contributed by atoms with Gasteiger partial charge in [0.15, 0.2) is 0 Å². The van der Waals surface area contributed by atoms with Gasteiger partial charge < -0.3 is 30.6 Å². The van der Waals surface area contributed by atoms with Gasteiger partial charge in [-0.25, -0.2) is 0 Å². The molecule has 0 radical (unpaired) electrons. The fraction of sp³-hybridized carbons (Fsp3) is 0.357. The summed E-state index contributed by atoms with van der Waals surface area (Å²) in [5, 5.41) is 59.5. The monoisotopic (exact) mass is 466 g/mol. The summed E-state index contributed by atoms with van der Waals surface area (Å²) in [5.74, 6) is -0.121. The van der Waals surface area contributed by atoms with E-state index in [1.807, 2.05) is 38.1 Å². The lowest BCUT2D eigenvalue weighted by molar-refractivity contribution is 0.270. The zero-order chi connectivity index (χ0) is 24.8. The van der Waals surface area contributed by atoms with Crippen molar-refractivity contribution >= 4 is 0 Å². The lowest BCUT2D eigenvalue weighted by Gasteiger charge is -2.25. The molecule has 0 saturated carbocycles. The van der Waals surface area contributed by atoms with Crippen molar-refractivity contribution in [1.82, 2.24) is 0 Å². The Bertz CT molecular complexity index is 968. The van der Waals surface area contributed by atoms with Crippen LogP contribution < -0.4 is 0 Å². The van der Waals surface area contributed by atoms with Gasteiger partial charge in [0.05, 0.1) is 26.4 Å². The summed E-state index contributed by atoms with van der Waals surface area (Å²) in [6.45, 7) is 3.13. The van der Waals surface area contributed by atoms with Gasteiger partial charge in [-0.3, -0.25) is 0 Å². The van der Waals surface area contributed by atoms with Crippen molar-refractivity contribution in [2.45, 2.75) is 65.0 Å². The van der Waals surface area contributed by atoms with Gasteiger partial charge in [0.25, 0.3) is 0 Å². The Kier molecular flexibility index (Phi) is 8.69. The molecule has 0 heterocycles. The average Bonchev–Trinajstić information content (AvgIpc) is 2.86. The number of hydrogen-bond donors (Lipinski definition) is 6. The van der Waals surface area contributed by atoms with Gasteiger partial charge in [0.2, 0.25) is 0 Å². The molecule has 2 atom stereocenters. The average molecular weight is 467 g/mol. The summed E-state index contributed by atoms with van der Waals surface area (Å²) in [6, 6.07) is 14.3. The van der Waals surface area contributed by atoms with Crippen LogP contribution in [0.25, 0.3) is 0 Å². The highest BCUT2D eigenvalue weighted by molar-refractivity contribution is 5.50. The molecule has 0 fully saturated rings. The third-order valence-corrected chi connectivity index (χ3v) is 6.61. The van der Waals surface area contributed by atoms with Crippen LogP contribution in [-0.4, -0.2) is 30.6 Å². The summed E-state index contributed by atoms with van der Waals surface area (Å²) in [4.78, 5) is 0. The molecule has 0 aliphatic carbocycles. The smallest absolute Gasteiger partial charge is 0.116 e. The van der Waals surface area contributed by atoms with E-state index in [2.05, 4.69) is 0 Å². The maximum Gasteiger partial charge on any atom is 0.116 e. The predicted molar refractivity (Wildman–Crippen MR) is 131 cm³/mol. The number of phenols is 2. The Balaban J connectivity index is 2.05. The minimum Gasteiger partial charge on any atom is -0.508 e. The van der Waals surface area contributed by atoms with Crippen LogP contribution >= 0.6 is 0 Å². The topological polar surface area (TPSA) is 121 Å². The molecule has 0 aliphatic rings. The molecule has 6 N–H and O–H groups in total. The van der Waals surface area contributed by atoms with Crippen molar-refractivity contribution in [3.63, 3.8) is 0 Å². The van der Waals surface area contributed by atoms with Crippen molar-refractivity contribution in [2.75, 3.05) is 0 Å². The molecule has 3 rings (SSSR count). The largest absolute Gasteiger partial charge is 0.508 e. The number of aromatic hydroxyl groups is 2. The van der Waals surface area contributed by atoms with E-state index in [4.69, 9.17) is 0 Å². The van der Waals surface area contributed by atoms with Crippen LogP contribution in [0.2, 0.25) is 0 Å². The van der Waals surface area contributed by atoms with Crippen LogP contribution in [0, 0.1) is 0 Å². The molecule has 0 aromatic heterocycles. The van der Waals surface area contributed by atoms with Gasteiger partial charge in [-0.2, -0.15) is 0 Å². The predicted octanol–water partition coefficient (Wildman–Crippen LogP) is 4.15. The molecule has 6 nitrogen and oxygen atoms in total. The highest BCUT2D eigenvalue weighted by Crippen LogP contribution is 2.39. The first kappa shape index (κ1) is 25.7. The number of benzene rings is 3. The summed E-state index contributed by atoms with van der Waals surface area (Å²) in [6.07, 6.45) is 1.48. The maximum atomic E-state index is 9.97. The minimum absolute atomic E-state index is 0.0149. The van der Waals surface area contributed by atoms with Gasteiger partial charge >= 0.3 is 0 Å². The fourth-order valence-electron chi connectivity index (χ4n) is 5.11. The van der Waals surface area contributed by atoms with Gasteiger partial charge in [0, 0.05) is 11.8 Å². The highest BCUT2D eigenvalue weighted by Gasteiger charge is 2.23. The van der Waals surface area contributed by atoms with Crippen LogP contribution in [0.1, 0.15) is 83.0 Å². The molecule has 0 aliphatic heterocycles. The van der Waals surface area contributed by atoms with E-state index < -0.39 is 0 Å². The van der Waals surface area contributed by atoms with Gasteiger partial charge in [0.1, 0.15) is 11.5 Å². The van der Waals surface area contributed by atoms with Crippen molar-refractivity contribution in [3.8, 4) is 11.5 Å². The SMILES string of the molecule is CCC(c1ccc(C(CC)c2c(CO)cc(O)cc2CO)cc1)c1c(CO)cc(O)cc1CO. The zero-order valence-electron chi connectivity index (χ0n) is 19.7. The third kappa shape index (κ3) is 5.10. The molecule has 0 spiro atoms. The second-order valence-corrected chi connectivity index (χ2v) is 8.58. The molecule has 3 aromatic rings. The molecule has 0 amide bonds.